The van der Waals surface area contributed by atoms with E-state index < -0.39 is 0 Å². The number of hydrogen-bond acceptors (Lipinski definition) is 3. The molecule has 7 N–H and O–H groups in total. The van der Waals surface area contributed by atoms with Crippen LogP contribution in [-0.4, -0.2) is 24.9 Å². The zero-order chi connectivity index (χ0) is 14.4. The fraction of sp³-hybridized carbons (Fsp3) is 0.182. The van der Waals surface area contributed by atoms with E-state index in [2.05, 4.69) is 15.3 Å². The van der Waals surface area contributed by atoms with E-state index in [1.165, 1.54) is 14.0 Å². The first-order valence-corrected chi connectivity index (χ1v) is 5.31. The molecule has 0 aliphatic rings. The number of anilines is 1. The van der Waals surface area contributed by atoms with E-state index in [1.807, 2.05) is 0 Å². The number of methoxy groups -OCH3 is 1. The normalized spacial score (nSPS) is 10.7. The van der Waals surface area contributed by atoms with Crippen LogP contribution in [0.3, 0.4) is 0 Å². The van der Waals surface area contributed by atoms with Crippen molar-refractivity contribution in [3.05, 3.63) is 18.2 Å². The number of rotatable bonds is 3. The predicted molar refractivity (Wildman–Crippen MR) is 74.4 cm³/mol. The Morgan fingerprint density at radius 1 is 1.32 bits per heavy atom. The average molecular weight is 264 g/mol. The highest BCUT2D eigenvalue weighted by molar-refractivity contribution is 5.94. The molecule has 0 aliphatic heterocycles. The summed E-state index contributed by atoms with van der Waals surface area (Å²) in [5.74, 6) is 0.000863. The zero-order valence-corrected chi connectivity index (χ0v) is 10.7. The van der Waals surface area contributed by atoms with Crippen molar-refractivity contribution in [3.63, 3.8) is 0 Å². The molecule has 1 aromatic carbocycles. The molecule has 1 amide bonds. The minimum atomic E-state index is -0.199. The van der Waals surface area contributed by atoms with Crippen LogP contribution in [0.1, 0.15) is 6.92 Å². The number of carbonyl (C=O) groups excluding carboxylic acids is 1. The molecule has 0 spiro atoms. The van der Waals surface area contributed by atoms with Gasteiger partial charge in [0.15, 0.2) is 5.96 Å². The maximum atomic E-state index is 11.0. The number of nitrogens with two attached hydrogens (primary N) is 3. The van der Waals surface area contributed by atoms with Gasteiger partial charge in [-0.1, -0.05) is 0 Å². The molecule has 0 saturated heterocycles. The zero-order valence-electron chi connectivity index (χ0n) is 10.7. The number of benzene rings is 1. The second-order valence-corrected chi connectivity index (χ2v) is 3.57. The van der Waals surface area contributed by atoms with Gasteiger partial charge in [-0.3, -0.25) is 4.79 Å². The van der Waals surface area contributed by atoms with Gasteiger partial charge in [0.1, 0.15) is 5.75 Å². The highest BCUT2D eigenvalue weighted by atomic mass is 16.5. The lowest BCUT2D eigenvalue weighted by molar-refractivity contribution is -0.114. The van der Waals surface area contributed by atoms with Crippen LogP contribution in [-0.2, 0) is 4.79 Å². The number of aliphatic imine (C=N–C) groups is 2. The van der Waals surface area contributed by atoms with Gasteiger partial charge >= 0.3 is 0 Å². The van der Waals surface area contributed by atoms with Gasteiger partial charge in [-0.15, -0.1) is 0 Å². The minimum absolute atomic E-state index is 0.0747. The molecule has 0 atom stereocenters. The third-order valence-electron chi connectivity index (χ3n) is 1.98. The van der Waals surface area contributed by atoms with Crippen molar-refractivity contribution in [1.82, 2.24) is 0 Å². The summed E-state index contributed by atoms with van der Waals surface area (Å²) in [5.41, 5.74) is 16.9. The first-order valence-electron chi connectivity index (χ1n) is 5.31. The molecule has 0 aliphatic carbocycles. The van der Waals surface area contributed by atoms with Crippen LogP contribution in [0.5, 0.6) is 5.75 Å². The molecule has 1 aromatic rings. The summed E-state index contributed by atoms with van der Waals surface area (Å²) in [7, 11) is 1.48. The first kappa shape index (κ1) is 14.3. The molecular weight excluding hydrogens is 248 g/mol. The van der Waals surface area contributed by atoms with Crippen molar-refractivity contribution in [1.29, 1.82) is 0 Å². The third kappa shape index (κ3) is 4.54. The van der Waals surface area contributed by atoms with Crippen LogP contribution in [0.25, 0.3) is 0 Å². The van der Waals surface area contributed by atoms with Crippen molar-refractivity contribution >= 4 is 29.2 Å². The van der Waals surface area contributed by atoms with E-state index in [-0.39, 0.29) is 17.8 Å². The Balaban J connectivity index is 3.06. The molecule has 102 valence electrons. The molecule has 8 heteroatoms. The molecule has 0 radical (unpaired) electrons. The highest BCUT2D eigenvalue weighted by Gasteiger charge is 2.05. The monoisotopic (exact) mass is 264 g/mol. The Kier molecular flexibility index (Phi) is 4.69. The molecule has 0 heterocycles. The summed E-state index contributed by atoms with van der Waals surface area (Å²) < 4.78 is 5.14. The number of guanidine groups is 2. The van der Waals surface area contributed by atoms with Gasteiger partial charge in [-0.25, -0.2) is 4.99 Å². The number of ether oxygens (including phenoxy) is 1. The van der Waals surface area contributed by atoms with Crippen LogP contribution >= 0.6 is 0 Å². The second-order valence-electron chi connectivity index (χ2n) is 3.57. The molecule has 0 unspecified atom stereocenters. The Morgan fingerprint density at radius 3 is 2.53 bits per heavy atom. The Bertz CT molecular complexity index is 534. The molecular formula is C11H16N6O2. The van der Waals surface area contributed by atoms with E-state index in [0.29, 0.717) is 17.1 Å². The summed E-state index contributed by atoms with van der Waals surface area (Å²) in [4.78, 5) is 18.6. The quantitative estimate of drug-likeness (QED) is 0.444. The number of amides is 1. The first-order chi connectivity index (χ1) is 8.92. The van der Waals surface area contributed by atoms with Crippen molar-refractivity contribution in [3.8, 4) is 5.75 Å². The van der Waals surface area contributed by atoms with Crippen molar-refractivity contribution < 1.29 is 9.53 Å². The predicted octanol–water partition coefficient (Wildman–Crippen LogP) is -0.127. The van der Waals surface area contributed by atoms with E-state index in [9.17, 15) is 4.79 Å². The molecule has 0 bridgehead atoms. The Hall–Kier alpha value is -2.77. The molecule has 0 saturated carbocycles. The lowest BCUT2D eigenvalue weighted by atomic mass is 10.2. The summed E-state index contributed by atoms with van der Waals surface area (Å²) in [5, 5.41) is 2.63. The molecule has 0 fully saturated rings. The summed E-state index contributed by atoms with van der Waals surface area (Å²) in [6.07, 6.45) is 0. The van der Waals surface area contributed by atoms with Crippen molar-refractivity contribution in [2.45, 2.75) is 6.92 Å². The van der Waals surface area contributed by atoms with E-state index >= 15 is 0 Å². The molecule has 8 nitrogen and oxygen atoms in total. The Morgan fingerprint density at radius 2 is 2.00 bits per heavy atom. The summed E-state index contributed by atoms with van der Waals surface area (Å²) >= 11 is 0. The summed E-state index contributed by atoms with van der Waals surface area (Å²) in [6, 6.07) is 4.88. The maximum Gasteiger partial charge on any atom is 0.223 e. The van der Waals surface area contributed by atoms with Gasteiger partial charge in [0.05, 0.1) is 18.5 Å². The largest absolute Gasteiger partial charge is 0.494 e. The van der Waals surface area contributed by atoms with E-state index in [4.69, 9.17) is 21.9 Å². The fourth-order valence-electron chi connectivity index (χ4n) is 1.33. The van der Waals surface area contributed by atoms with Crippen LogP contribution in [0.4, 0.5) is 11.4 Å². The van der Waals surface area contributed by atoms with Gasteiger partial charge in [-0.05, 0) is 12.1 Å². The molecule has 1 rings (SSSR count). The van der Waals surface area contributed by atoms with E-state index in [0.717, 1.165) is 0 Å². The van der Waals surface area contributed by atoms with Gasteiger partial charge in [0.2, 0.25) is 11.9 Å². The SMILES string of the molecule is COc1cc(N=C(N)N=C(N)N)ccc1NC(C)=O. The minimum Gasteiger partial charge on any atom is -0.494 e. The second kappa shape index (κ2) is 6.24. The number of carbonyl (C=O) groups is 1. The van der Waals surface area contributed by atoms with Crippen molar-refractivity contribution in [2.24, 2.45) is 27.2 Å². The van der Waals surface area contributed by atoms with Crippen LogP contribution in [0.2, 0.25) is 0 Å². The summed E-state index contributed by atoms with van der Waals surface area (Å²) in [6.45, 7) is 1.40. The van der Waals surface area contributed by atoms with E-state index in [1.54, 1.807) is 18.2 Å². The molecule has 19 heavy (non-hydrogen) atoms. The van der Waals surface area contributed by atoms with Gasteiger partial charge in [0.25, 0.3) is 0 Å². The average Bonchev–Trinajstić information content (AvgIpc) is 2.29. The van der Waals surface area contributed by atoms with Crippen LogP contribution in [0.15, 0.2) is 28.2 Å². The standard InChI is InChI=1S/C11H16N6O2/c1-6(18)15-8-4-3-7(5-9(8)19-2)16-11(14)17-10(12)13/h3-5H,1-2H3,(H,15,18)(H6,12,13,14,16,17). The van der Waals surface area contributed by atoms with Gasteiger partial charge in [0, 0.05) is 13.0 Å². The number of nitrogens with zero attached hydrogens (tertiary/aromatic N) is 2. The van der Waals surface area contributed by atoms with Crippen LogP contribution in [0, 0.1) is 0 Å². The topological polar surface area (TPSA) is 141 Å². The molecule has 0 aromatic heterocycles. The Labute approximate surface area is 110 Å². The fourth-order valence-corrected chi connectivity index (χ4v) is 1.33. The lowest BCUT2D eigenvalue weighted by Crippen LogP contribution is -2.26. The highest BCUT2D eigenvalue weighted by Crippen LogP contribution is 2.29. The number of hydrogen-bond donors (Lipinski definition) is 4. The third-order valence-corrected chi connectivity index (χ3v) is 1.98. The van der Waals surface area contributed by atoms with Crippen molar-refractivity contribution in [2.75, 3.05) is 12.4 Å². The lowest BCUT2D eigenvalue weighted by Gasteiger charge is -2.09. The smallest absolute Gasteiger partial charge is 0.223 e. The van der Waals surface area contributed by atoms with Gasteiger partial charge in [-0.2, -0.15) is 4.99 Å². The van der Waals surface area contributed by atoms with Gasteiger partial charge < -0.3 is 27.3 Å². The maximum absolute atomic E-state index is 11.0. The number of nitrogens with one attached hydrogen (secondary N) is 1. The van der Waals surface area contributed by atoms with Crippen LogP contribution < -0.4 is 27.3 Å².